The minimum absolute atomic E-state index is 0.917. The van der Waals surface area contributed by atoms with Crippen molar-refractivity contribution in [1.82, 2.24) is 15.4 Å². The summed E-state index contributed by atoms with van der Waals surface area (Å²) in [5, 5.41) is 7.39. The molecule has 1 N–H and O–H groups in total. The Hall–Kier alpha value is -0.870. The first kappa shape index (κ1) is 12.6. The van der Waals surface area contributed by atoms with Gasteiger partial charge in [-0.25, -0.2) is 0 Å². The van der Waals surface area contributed by atoms with Gasteiger partial charge in [0.25, 0.3) is 0 Å². The van der Waals surface area contributed by atoms with Crippen molar-refractivity contribution in [3.05, 3.63) is 17.5 Å². The monoisotopic (exact) mass is 237 g/mol. The molecule has 0 saturated carbocycles. The lowest BCUT2D eigenvalue weighted by molar-refractivity contribution is 0.236. The third-order valence-electron chi connectivity index (χ3n) is 3.29. The van der Waals surface area contributed by atoms with Crippen LogP contribution in [-0.4, -0.2) is 42.8 Å². The van der Waals surface area contributed by atoms with Crippen LogP contribution in [0, 0.1) is 6.92 Å². The molecule has 4 nitrogen and oxygen atoms in total. The minimum Gasteiger partial charge on any atom is -0.361 e. The fourth-order valence-electron chi connectivity index (χ4n) is 2.29. The zero-order valence-corrected chi connectivity index (χ0v) is 10.7. The van der Waals surface area contributed by atoms with E-state index in [9.17, 15) is 0 Å². The molecule has 0 unspecified atom stereocenters. The van der Waals surface area contributed by atoms with Crippen molar-refractivity contribution in [3.8, 4) is 0 Å². The van der Waals surface area contributed by atoms with Gasteiger partial charge in [0.2, 0.25) is 0 Å². The zero-order chi connectivity index (χ0) is 11.9. The summed E-state index contributed by atoms with van der Waals surface area (Å²) in [5.74, 6) is 0.917. The second-order valence-electron chi connectivity index (χ2n) is 4.83. The Kier molecular flexibility index (Phi) is 5.01. The molecule has 0 aliphatic carbocycles. The van der Waals surface area contributed by atoms with Crippen LogP contribution in [0.2, 0.25) is 0 Å². The second-order valence-corrected chi connectivity index (χ2v) is 4.83. The molecule has 0 aromatic carbocycles. The SMILES string of the molecule is Cc1cc(CCCCCN2CCNCC2)no1. The summed E-state index contributed by atoms with van der Waals surface area (Å²) in [7, 11) is 0. The third kappa shape index (κ3) is 4.48. The molecule has 0 spiro atoms. The molecule has 1 aromatic heterocycles. The molecule has 1 aliphatic rings. The van der Waals surface area contributed by atoms with Gasteiger partial charge in [0.05, 0.1) is 5.69 Å². The zero-order valence-electron chi connectivity index (χ0n) is 10.7. The first-order valence-corrected chi connectivity index (χ1v) is 6.70. The van der Waals surface area contributed by atoms with E-state index >= 15 is 0 Å². The van der Waals surface area contributed by atoms with E-state index in [0.29, 0.717) is 0 Å². The Morgan fingerprint density at radius 2 is 2.12 bits per heavy atom. The van der Waals surface area contributed by atoms with Crippen molar-refractivity contribution >= 4 is 0 Å². The van der Waals surface area contributed by atoms with Gasteiger partial charge in [-0.2, -0.15) is 0 Å². The highest BCUT2D eigenvalue weighted by Gasteiger charge is 2.08. The van der Waals surface area contributed by atoms with Crippen molar-refractivity contribution in [2.45, 2.75) is 32.6 Å². The van der Waals surface area contributed by atoms with Gasteiger partial charge in [-0.05, 0) is 32.7 Å². The molecule has 0 amide bonds. The Balaban J connectivity index is 1.51. The fraction of sp³-hybridized carbons (Fsp3) is 0.769. The molecular weight excluding hydrogens is 214 g/mol. The molecule has 1 aromatic rings. The topological polar surface area (TPSA) is 41.3 Å². The highest BCUT2D eigenvalue weighted by atomic mass is 16.5. The lowest BCUT2D eigenvalue weighted by Crippen LogP contribution is -2.43. The number of rotatable bonds is 6. The summed E-state index contributed by atoms with van der Waals surface area (Å²) in [6.45, 7) is 7.92. The maximum atomic E-state index is 5.05. The lowest BCUT2D eigenvalue weighted by atomic mass is 10.1. The number of hydrogen-bond acceptors (Lipinski definition) is 4. The minimum atomic E-state index is 0.917. The molecule has 0 bridgehead atoms. The van der Waals surface area contributed by atoms with E-state index in [1.165, 1.54) is 38.9 Å². The molecule has 96 valence electrons. The predicted octanol–water partition coefficient (Wildman–Crippen LogP) is 1.60. The van der Waals surface area contributed by atoms with E-state index in [0.717, 1.165) is 31.0 Å². The van der Waals surface area contributed by atoms with E-state index in [1.807, 2.05) is 13.0 Å². The number of nitrogens with zero attached hydrogens (tertiary/aromatic N) is 2. The summed E-state index contributed by atoms with van der Waals surface area (Å²) in [6.07, 6.45) is 4.86. The molecule has 2 rings (SSSR count). The van der Waals surface area contributed by atoms with Crippen LogP contribution in [-0.2, 0) is 6.42 Å². The van der Waals surface area contributed by atoms with E-state index in [4.69, 9.17) is 4.52 Å². The van der Waals surface area contributed by atoms with Crippen LogP contribution in [0.3, 0.4) is 0 Å². The lowest BCUT2D eigenvalue weighted by Gasteiger charge is -2.26. The Morgan fingerprint density at radius 1 is 1.29 bits per heavy atom. The Morgan fingerprint density at radius 3 is 2.82 bits per heavy atom. The van der Waals surface area contributed by atoms with Crippen LogP contribution in [0.15, 0.2) is 10.6 Å². The van der Waals surface area contributed by atoms with Gasteiger partial charge >= 0.3 is 0 Å². The van der Waals surface area contributed by atoms with Gasteiger partial charge in [-0.15, -0.1) is 0 Å². The molecule has 1 fully saturated rings. The average Bonchev–Trinajstić information content (AvgIpc) is 2.76. The first-order valence-electron chi connectivity index (χ1n) is 6.70. The fourth-order valence-corrected chi connectivity index (χ4v) is 2.29. The number of hydrogen-bond donors (Lipinski definition) is 1. The normalized spacial score (nSPS) is 17.5. The van der Waals surface area contributed by atoms with Crippen LogP contribution >= 0.6 is 0 Å². The highest BCUT2D eigenvalue weighted by molar-refractivity contribution is 5.03. The summed E-state index contributed by atoms with van der Waals surface area (Å²) in [4.78, 5) is 2.55. The van der Waals surface area contributed by atoms with Crippen LogP contribution in [0.5, 0.6) is 0 Å². The highest BCUT2D eigenvalue weighted by Crippen LogP contribution is 2.08. The summed E-state index contributed by atoms with van der Waals surface area (Å²) >= 11 is 0. The van der Waals surface area contributed by atoms with Gasteiger partial charge in [0.1, 0.15) is 5.76 Å². The molecule has 0 radical (unpaired) electrons. The molecule has 1 saturated heterocycles. The maximum absolute atomic E-state index is 5.05. The van der Waals surface area contributed by atoms with E-state index in [-0.39, 0.29) is 0 Å². The van der Waals surface area contributed by atoms with Crippen molar-refractivity contribution in [1.29, 1.82) is 0 Å². The van der Waals surface area contributed by atoms with Crippen LogP contribution in [0.25, 0.3) is 0 Å². The van der Waals surface area contributed by atoms with E-state index < -0.39 is 0 Å². The largest absolute Gasteiger partial charge is 0.361 e. The predicted molar refractivity (Wildman–Crippen MR) is 68.1 cm³/mol. The molecule has 1 aliphatic heterocycles. The number of piperazine rings is 1. The number of aryl methyl sites for hydroxylation is 2. The van der Waals surface area contributed by atoms with Gasteiger partial charge < -0.3 is 14.7 Å². The summed E-state index contributed by atoms with van der Waals surface area (Å²) in [6, 6.07) is 2.04. The molecule has 0 atom stereocenters. The average molecular weight is 237 g/mol. The quantitative estimate of drug-likeness (QED) is 0.763. The van der Waals surface area contributed by atoms with E-state index in [1.54, 1.807) is 0 Å². The van der Waals surface area contributed by atoms with Gasteiger partial charge in [0.15, 0.2) is 0 Å². The first-order chi connectivity index (χ1) is 8.34. The van der Waals surface area contributed by atoms with Crippen LogP contribution in [0.4, 0.5) is 0 Å². The number of unbranched alkanes of at least 4 members (excludes halogenated alkanes) is 2. The molecule has 2 heterocycles. The number of nitrogens with one attached hydrogen (secondary N) is 1. The summed E-state index contributed by atoms with van der Waals surface area (Å²) in [5.41, 5.74) is 1.10. The van der Waals surface area contributed by atoms with Crippen molar-refractivity contribution < 1.29 is 4.52 Å². The van der Waals surface area contributed by atoms with Gasteiger partial charge in [-0.1, -0.05) is 11.6 Å². The van der Waals surface area contributed by atoms with Crippen molar-refractivity contribution in [2.75, 3.05) is 32.7 Å². The molecule has 4 heteroatoms. The summed E-state index contributed by atoms with van der Waals surface area (Å²) < 4.78 is 5.05. The van der Waals surface area contributed by atoms with Crippen LogP contribution < -0.4 is 5.32 Å². The third-order valence-corrected chi connectivity index (χ3v) is 3.29. The standard InChI is InChI=1S/C13H23N3O/c1-12-11-13(15-17-12)5-3-2-4-8-16-9-6-14-7-10-16/h11,14H,2-10H2,1H3. The van der Waals surface area contributed by atoms with Crippen molar-refractivity contribution in [3.63, 3.8) is 0 Å². The van der Waals surface area contributed by atoms with Gasteiger partial charge in [-0.3, -0.25) is 0 Å². The second kappa shape index (κ2) is 6.77. The van der Waals surface area contributed by atoms with E-state index in [2.05, 4.69) is 15.4 Å². The van der Waals surface area contributed by atoms with Gasteiger partial charge in [0, 0.05) is 32.2 Å². The smallest absolute Gasteiger partial charge is 0.133 e. The molecule has 17 heavy (non-hydrogen) atoms. The Labute approximate surface area is 103 Å². The molecular formula is C13H23N3O. The maximum Gasteiger partial charge on any atom is 0.133 e. The Bertz CT molecular complexity index is 318. The van der Waals surface area contributed by atoms with Crippen molar-refractivity contribution in [2.24, 2.45) is 0 Å². The van der Waals surface area contributed by atoms with Crippen LogP contribution in [0.1, 0.15) is 30.7 Å². The number of aromatic nitrogens is 1.